The summed E-state index contributed by atoms with van der Waals surface area (Å²) in [4.78, 5) is 26.8. The standard InChI is InChI=1S/C36H46N2O4/c1-33(2)19-26(20-34(3,4)37-33)41-31(39)25-17-15-23(16-18-25)28-13-9-11-24-12-10-14-29(30(24)28)32(40)42-27-21-35(5,6)38-36(7,8)22-27/h9-18,26-27,37-38H,19-22H2,1-8H3. The molecule has 3 aromatic carbocycles. The van der Waals surface area contributed by atoms with Crippen LogP contribution in [0.2, 0.25) is 0 Å². The molecule has 2 heterocycles. The van der Waals surface area contributed by atoms with Gasteiger partial charge < -0.3 is 20.1 Å². The fourth-order valence-electron chi connectivity index (χ4n) is 7.60. The number of fused-ring (bicyclic) bond motifs is 1. The van der Waals surface area contributed by atoms with E-state index in [2.05, 4.69) is 66.0 Å². The van der Waals surface area contributed by atoms with Gasteiger partial charge in [0.05, 0.1) is 11.1 Å². The Morgan fingerprint density at radius 3 is 1.57 bits per heavy atom. The minimum Gasteiger partial charge on any atom is -0.459 e. The Labute approximate surface area is 250 Å². The zero-order valence-corrected chi connectivity index (χ0v) is 26.4. The molecule has 0 amide bonds. The molecule has 3 aromatic rings. The summed E-state index contributed by atoms with van der Waals surface area (Å²) in [5, 5.41) is 9.10. The van der Waals surface area contributed by atoms with Gasteiger partial charge in [-0.3, -0.25) is 0 Å². The van der Waals surface area contributed by atoms with Gasteiger partial charge in [-0.2, -0.15) is 0 Å². The molecule has 2 aliphatic heterocycles. The van der Waals surface area contributed by atoms with Gasteiger partial charge in [0, 0.05) is 53.2 Å². The monoisotopic (exact) mass is 570 g/mol. The molecule has 0 radical (unpaired) electrons. The van der Waals surface area contributed by atoms with Gasteiger partial charge in [0.15, 0.2) is 0 Å². The molecule has 0 atom stereocenters. The average molecular weight is 571 g/mol. The molecule has 0 bridgehead atoms. The highest BCUT2D eigenvalue weighted by Gasteiger charge is 2.40. The van der Waals surface area contributed by atoms with Crippen molar-refractivity contribution in [3.8, 4) is 11.1 Å². The number of carbonyl (C=O) groups excluding carboxylic acids is 2. The average Bonchev–Trinajstić information content (AvgIpc) is 2.84. The highest BCUT2D eigenvalue weighted by Crippen LogP contribution is 2.35. The first-order valence-electron chi connectivity index (χ1n) is 15.1. The maximum atomic E-state index is 13.6. The zero-order chi connectivity index (χ0) is 30.5. The fraction of sp³-hybridized carbons (Fsp3) is 0.500. The third-order valence-electron chi connectivity index (χ3n) is 8.41. The first-order valence-corrected chi connectivity index (χ1v) is 15.1. The molecule has 6 nitrogen and oxygen atoms in total. The van der Waals surface area contributed by atoms with E-state index in [-0.39, 0.29) is 46.3 Å². The normalized spacial score (nSPS) is 21.5. The Morgan fingerprint density at radius 2 is 1.07 bits per heavy atom. The van der Waals surface area contributed by atoms with Crippen LogP contribution >= 0.6 is 0 Å². The van der Waals surface area contributed by atoms with Crippen LogP contribution in [0, 0.1) is 0 Å². The van der Waals surface area contributed by atoms with E-state index in [0.29, 0.717) is 11.1 Å². The number of hydrogen-bond acceptors (Lipinski definition) is 6. The van der Waals surface area contributed by atoms with E-state index in [1.807, 2.05) is 60.7 Å². The number of carbonyl (C=O) groups is 2. The minimum atomic E-state index is -0.310. The Bertz CT molecular complexity index is 1450. The third-order valence-corrected chi connectivity index (χ3v) is 8.41. The van der Waals surface area contributed by atoms with E-state index < -0.39 is 0 Å². The molecule has 42 heavy (non-hydrogen) atoms. The number of piperidine rings is 2. The minimum absolute atomic E-state index is 0.107. The lowest BCUT2D eigenvalue weighted by atomic mass is 9.81. The highest BCUT2D eigenvalue weighted by atomic mass is 16.5. The van der Waals surface area contributed by atoms with Crippen LogP contribution in [0.3, 0.4) is 0 Å². The van der Waals surface area contributed by atoms with Crippen LogP contribution in [0.1, 0.15) is 102 Å². The van der Waals surface area contributed by atoms with Crippen molar-refractivity contribution in [3.63, 3.8) is 0 Å². The van der Waals surface area contributed by atoms with Gasteiger partial charge in [0.1, 0.15) is 12.2 Å². The molecule has 2 saturated heterocycles. The third kappa shape index (κ3) is 6.87. The summed E-state index contributed by atoms with van der Waals surface area (Å²) in [7, 11) is 0. The van der Waals surface area contributed by atoms with Gasteiger partial charge in [-0.25, -0.2) is 9.59 Å². The maximum Gasteiger partial charge on any atom is 0.339 e. The molecule has 0 aromatic heterocycles. The highest BCUT2D eigenvalue weighted by molar-refractivity contribution is 6.10. The second-order valence-electron chi connectivity index (χ2n) is 14.9. The van der Waals surface area contributed by atoms with Crippen molar-refractivity contribution in [1.29, 1.82) is 0 Å². The summed E-state index contributed by atoms with van der Waals surface area (Å²) in [5.74, 6) is -0.616. The SMILES string of the molecule is CC1(C)CC(OC(=O)c2ccc(-c3cccc4cccc(C(=O)OC5CC(C)(C)NC(C)(C)C5)c34)cc2)CC(C)(C)N1. The molecule has 2 fully saturated rings. The van der Waals surface area contributed by atoms with Crippen LogP contribution in [-0.2, 0) is 9.47 Å². The number of rotatable bonds is 5. The van der Waals surface area contributed by atoms with Crippen LogP contribution in [0.4, 0.5) is 0 Å². The Kier molecular flexibility index (Phi) is 7.78. The topological polar surface area (TPSA) is 76.7 Å². The lowest BCUT2D eigenvalue weighted by Gasteiger charge is -2.45. The van der Waals surface area contributed by atoms with Crippen molar-refractivity contribution in [3.05, 3.63) is 71.8 Å². The summed E-state index contributed by atoms with van der Waals surface area (Å²) in [5.41, 5.74) is 2.45. The van der Waals surface area contributed by atoms with Crippen molar-refractivity contribution in [2.45, 2.75) is 115 Å². The van der Waals surface area contributed by atoms with Crippen molar-refractivity contribution < 1.29 is 19.1 Å². The van der Waals surface area contributed by atoms with Gasteiger partial charge in [-0.05, 0) is 90.1 Å². The summed E-state index contributed by atoms with van der Waals surface area (Å²) in [6.45, 7) is 17.2. The molecule has 0 aliphatic carbocycles. The lowest BCUT2D eigenvalue weighted by Crippen LogP contribution is -2.59. The second kappa shape index (κ2) is 10.8. The lowest BCUT2D eigenvalue weighted by molar-refractivity contribution is -0.00756. The molecule has 224 valence electrons. The van der Waals surface area contributed by atoms with Gasteiger partial charge in [-0.1, -0.05) is 42.5 Å². The molecule has 0 unspecified atom stereocenters. The second-order valence-corrected chi connectivity index (χ2v) is 14.9. The van der Waals surface area contributed by atoms with Crippen molar-refractivity contribution in [2.75, 3.05) is 0 Å². The van der Waals surface area contributed by atoms with Crippen LogP contribution in [0.5, 0.6) is 0 Å². The Hall–Kier alpha value is -3.22. The van der Waals surface area contributed by atoms with E-state index in [1.165, 1.54) is 0 Å². The van der Waals surface area contributed by atoms with Gasteiger partial charge >= 0.3 is 11.9 Å². The molecule has 0 spiro atoms. The molecule has 2 N–H and O–H groups in total. The molecular weight excluding hydrogens is 524 g/mol. The Balaban J connectivity index is 1.38. The van der Waals surface area contributed by atoms with E-state index in [9.17, 15) is 9.59 Å². The van der Waals surface area contributed by atoms with E-state index >= 15 is 0 Å². The van der Waals surface area contributed by atoms with Crippen LogP contribution in [0.25, 0.3) is 21.9 Å². The predicted octanol–water partition coefficient (Wildman–Crippen LogP) is 7.44. The largest absolute Gasteiger partial charge is 0.459 e. The summed E-state index contributed by atoms with van der Waals surface area (Å²) < 4.78 is 12.1. The number of ether oxygens (including phenoxy) is 2. The van der Waals surface area contributed by atoms with Crippen LogP contribution in [-0.4, -0.2) is 46.3 Å². The summed E-state index contributed by atoms with van der Waals surface area (Å²) in [6, 6.07) is 19.3. The number of hydrogen-bond donors (Lipinski definition) is 2. The van der Waals surface area contributed by atoms with Gasteiger partial charge in [-0.15, -0.1) is 0 Å². The number of esters is 2. The van der Waals surface area contributed by atoms with Gasteiger partial charge in [0.25, 0.3) is 0 Å². The van der Waals surface area contributed by atoms with Crippen LogP contribution in [0.15, 0.2) is 60.7 Å². The molecule has 2 aliphatic rings. The molecule has 6 heteroatoms. The van der Waals surface area contributed by atoms with Crippen molar-refractivity contribution in [1.82, 2.24) is 10.6 Å². The first-order chi connectivity index (χ1) is 19.5. The Morgan fingerprint density at radius 1 is 0.619 bits per heavy atom. The molecular formula is C36H46N2O4. The predicted molar refractivity (Wildman–Crippen MR) is 169 cm³/mol. The van der Waals surface area contributed by atoms with Gasteiger partial charge in [0.2, 0.25) is 0 Å². The zero-order valence-electron chi connectivity index (χ0n) is 26.4. The summed E-state index contributed by atoms with van der Waals surface area (Å²) >= 11 is 0. The number of benzene rings is 3. The molecule has 5 rings (SSSR count). The smallest absolute Gasteiger partial charge is 0.339 e. The van der Waals surface area contributed by atoms with E-state index in [0.717, 1.165) is 47.6 Å². The number of nitrogens with one attached hydrogen (secondary N) is 2. The van der Waals surface area contributed by atoms with Crippen molar-refractivity contribution in [2.24, 2.45) is 0 Å². The fourth-order valence-corrected chi connectivity index (χ4v) is 7.60. The van der Waals surface area contributed by atoms with Crippen LogP contribution < -0.4 is 10.6 Å². The van der Waals surface area contributed by atoms with E-state index in [4.69, 9.17) is 9.47 Å². The first kappa shape index (κ1) is 30.2. The van der Waals surface area contributed by atoms with Crippen molar-refractivity contribution >= 4 is 22.7 Å². The van der Waals surface area contributed by atoms with E-state index in [1.54, 1.807) is 0 Å². The summed E-state index contributed by atoms with van der Waals surface area (Å²) in [6.07, 6.45) is 2.72. The maximum absolute atomic E-state index is 13.6. The molecule has 0 saturated carbocycles. The quantitative estimate of drug-likeness (QED) is 0.311.